The number of allylic oxidation sites excluding steroid dienone is 2. The van der Waals surface area contributed by atoms with Gasteiger partial charge in [-0.25, -0.2) is 4.79 Å². The highest BCUT2D eigenvalue weighted by molar-refractivity contribution is 5.80. The lowest BCUT2D eigenvalue weighted by atomic mass is 9.33. The third kappa shape index (κ3) is 16.4. The zero-order valence-electron chi connectivity index (χ0n) is 66.3. The predicted octanol–water partition coefficient (Wildman–Crippen LogP) is -5.27. The van der Waals surface area contributed by atoms with E-state index in [1.807, 2.05) is 13.8 Å². The van der Waals surface area contributed by atoms with Crippen LogP contribution in [0.2, 0.25) is 0 Å². The molecule has 0 aromatic carbocycles. The van der Waals surface area contributed by atoms with Crippen LogP contribution in [-0.4, -0.2) is 364 Å². The largest absolute Gasteiger partial charge is 0.479 e. The summed E-state index contributed by atoms with van der Waals surface area (Å²) in [6, 6.07) is 0. The van der Waals surface area contributed by atoms with E-state index < -0.39 is 316 Å². The average Bonchev–Trinajstić information content (AvgIpc) is 0.669. The van der Waals surface area contributed by atoms with Crippen LogP contribution in [-0.2, 0) is 109 Å². The summed E-state index contributed by atoms with van der Waals surface area (Å²) >= 11 is 0. The minimum atomic E-state index is -2.25. The smallest absolute Gasteiger partial charge is 0.335 e. The quantitative estimate of drug-likeness (QED) is 0.0168. The molecule has 0 radical (unpaired) electrons. The molecule has 7 aliphatic heterocycles. The third-order valence-corrected chi connectivity index (χ3v) is 27.7. The molecule has 5 aliphatic carbocycles. The average molecular weight is 1670 g/mol. The lowest BCUT2D eigenvalue weighted by Crippen LogP contribution is -2.70. The minimum Gasteiger partial charge on any atom is -0.479 e. The van der Waals surface area contributed by atoms with Crippen molar-refractivity contribution in [2.45, 2.75) is 349 Å². The van der Waals surface area contributed by atoms with E-state index in [9.17, 15) is 111 Å². The van der Waals surface area contributed by atoms with Gasteiger partial charge in [0.15, 0.2) is 62.2 Å². The first-order valence-corrected chi connectivity index (χ1v) is 39.7. The number of fused-ring (bicyclic) bond motifs is 7. The van der Waals surface area contributed by atoms with Gasteiger partial charge in [-0.2, -0.15) is 0 Å². The maximum atomic E-state index is 16.4. The summed E-state index contributed by atoms with van der Waals surface area (Å²) in [4.78, 5) is 81.8. The Hall–Kier alpha value is -4.40. The minimum absolute atomic E-state index is 0.0147. The van der Waals surface area contributed by atoms with Gasteiger partial charge in [0.05, 0.1) is 49.7 Å². The number of aliphatic hydroxyl groups excluding tert-OH is 16. The Morgan fingerprint density at radius 3 is 1.58 bits per heavy atom. The maximum Gasteiger partial charge on any atom is 0.335 e. The molecule has 4 saturated carbocycles. The van der Waals surface area contributed by atoms with E-state index in [1.54, 1.807) is 6.92 Å². The Labute approximate surface area is 667 Å². The maximum absolute atomic E-state index is 16.4. The van der Waals surface area contributed by atoms with Crippen LogP contribution in [0, 0.1) is 50.2 Å². The normalized spacial score (nSPS) is 51.4. The van der Waals surface area contributed by atoms with Crippen LogP contribution in [0.15, 0.2) is 11.6 Å². The highest BCUT2D eigenvalue weighted by Gasteiger charge is 2.74. The highest BCUT2D eigenvalue weighted by Crippen LogP contribution is 2.76. The van der Waals surface area contributed by atoms with Crippen LogP contribution < -0.4 is 0 Å². The number of carboxylic acid groups (broad SMARTS) is 1. The monoisotopic (exact) mass is 1670 g/mol. The van der Waals surface area contributed by atoms with E-state index in [0.29, 0.717) is 38.5 Å². The van der Waals surface area contributed by atoms with Gasteiger partial charge in [0, 0.05) is 20.8 Å². The van der Waals surface area contributed by atoms with Gasteiger partial charge < -0.3 is 172 Å². The van der Waals surface area contributed by atoms with E-state index in [2.05, 4.69) is 26.8 Å². The van der Waals surface area contributed by atoms with Gasteiger partial charge in [-0.3, -0.25) is 19.2 Å². The van der Waals surface area contributed by atoms with Gasteiger partial charge in [-0.15, -0.1) is 0 Å². The second kappa shape index (κ2) is 34.7. The van der Waals surface area contributed by atoms with Crippen LogP contribution in [0.3, 0.4) is 0 Å². The number of hydrogen-bond donors (Lipinski definition) is 17. The summed E-state index contributed by atoms with van der Waals surface area (Å²) in [6.45, 7) is 15.1. The lowest BCUT2D eigenvalue weighted by Gasteiger charge is -2.71. The van der Waals surface area contributed by atoms with E-state index in [-0.39, 0.29) is 25.2 Å². The fourth-order valence-electron chi connectivity index (χ4n) is 21.1. The van der Waals surface area contributed by atoms with Crippen LogP contribution in [0.25, 0.3) is 0 Å². The molecule has 116 heavy (non-hydrogen) atoms. The number of aliphatic carboxylic acids is 1. The Morgan fingerprint density at radius 1 is 0.483 bits per heavy atom. The molecule has 43 atom stereocenters. The van der Waals surface area contributed by atoms with Crippen molar-refractivity contribution in [2.75, 3.05) is 26.4 Å². The van der Waals surface area contributed by atoms with Gasteiger partial charge in [-0.1, -0.05) is 53.2 Å². The predicted molar refractivity (Wildman–Crippen MR) is 377 cm³/mol. The molecule has 0 amide bonds. The third-order valence-electron chi connectivity index (χ3n) is 27.7. The number of carbonyl (C=O) groups excluding carboxylic acids is 5. The molecular weight excluding hydrogens is 1550 g/mol. The molecular formula is C76H116O40. The standard InChI is InChI=1S/C76H116O40/c1-27-54(110-63-48(91)42(85)34(82)23-101-63)46(89)51(94)65(103-27)115-61-59(113-67-52(95)47(90)56(106-31(5)81)37(108-67)25-100-29(3)79)55(105-30(4)80)28(2)104-68(61)116-70(99)76-19-18-71(6,7)20-33(76)32-12-13-39-72(8)16-15-41(73(9,26-78)38(72)14-17-74(39,10)75(32,11)21-40(76)84)109-69-60(114-66-50(93)45(88)44(87)36(22-77)107-66)57(53(96)58(112-69)62(97)98)111-64-49(92)43(86)35(83)24-102-64/h12,26-28,33-61,63-69,77,82-96H,13-25H2,1-11H3,(H,97,98)/t27-,28+,33-,34+,35+,36+,37+,38+,39+,40+,41-,42-,43-,44-,45-,46-,47+,48+,49+,50+,51+,52+,53-,54-,55-,56+,57-,58-,59-,60+,61+,63-,64-,65-,66-,67-,68-,69+,72-,73-,74+,75+,76+/m0/s1. The lowest BCUT2D eigenvalue weighted by molar-refractivity contribution is -0.392. The molecule has 0 aromatic rings. The Bertz CT molecular complexity index is 3520. The van der Waals surface area contributed by atoms with Crippen molar-refractivity contribution >= 4 is 36.1 Å². The molecule has 0 aromatic heterocycles. The molecule has 12 rings (SSSR count). The summed E-state index contributed by atoms with van der Waals surface area (Å²) < 4.78 is 103. The van der Waals surface area contributed by atoms with Crippen molar-refractivity contribution in [2.24, 2.45) is 50.2 Å². The summed E-state index contributed by atoms with van der Waals surface area (Å²) in [7, 11) is 0. The number of carboxylic acids is 1. The van der Waals surface area contributed by atoms with E-state index in [1.165, 1.54) is 13.8 Å². The van der Waals surface area contributed by atoms with Gasteiger partial charge in [-0.05, 0) is 111 Å². The number of aldehydes is 1. The fourth-order valence-corrected chi connectivity index (χ4v) is 21.1. The molecule has 660 valence electrons. The summed E-state index contributed by atoms with van der Waals surface area (Å²) in [5.74, 6) is -7.17. The van der Waals surface area contributed by atoms with Gasteiger partial charge in [0.25, 0.3) is 0 Å². The number of rotatable bonds is 21. The second-order valence-corrected chi connectivity index (χ2v) is 35.4. The van der Waals surface area contributed by atoms with Crippen molar-refractivity contribution in [3.63, 3.8) is 0 Å². The Balaban J connectivity index is 0.861. The number of aliphatic hydroxyl groups is 16. The molecule has 17 N–H and O–H groups in total. The van der Waals surface area contributed by atoms with E-state index >= 15 is 4.79 Å². The first-order valence-electron chi connectivity index (χ1n) is 39.7. The van der Waals surface area contributed by atoms with Gasteiger partial charge in [0.1, 0.15) is 140 Å². The molecule has 40 heteroatoms. The van der Waals surface area contributed by atoms with Crippen LogP contribution in [0.5, 0.6) is 0 Å². The second-order valence-electron chi connectivity index (χ2n) is 35.4. The molecule has 12 aliphatic rings. The van der Waals surface area contributed by atoms with Crippen LogP contribution in [0.1, 0.15) is 134 Å². The van der Waals surface area contributed by atoms with Crippen LogP contribution in [0.4, 0.5) is 0 Å². The Kier molecular flexibility index (Phi) is 27.2. The summed E-state index contributed by atoms with van der Waals surface area (Å²) in [6.07, 6.45) is -60.0. The molecule has 40 nitrogen and oxygen atoms in total. The van der Waals surface area contributed by atoms with Crippen molar-refractivity contribution in [1.29, 1.82) is 0 Å². The summed E-state index contributed by atoms with van der Waals surface area (Å²) in [5, 5.41) is 190. The van der Waals surface area contributed by atoms with Gasteiger partial charge >= 0.3 is 29.8 Å². The van der Waals surface area contributed by atoms with Crippen LogP contribution >= 0.6 is 0 Å². The van der Waals surface area contributed by atoms with E-state index in [4.69, 9.17) is 80.5 Å². The van der Waals surface area contributed by atoms with Gasteiger partial charge in [0.2, 0.25) is 6.29 Å². The number of carbonyl (C=O) groups is 6. The highest BCUT2D eigenvalue weighted by atomic mass is 16.8. The molecule has 7 heterocycles. The van der Waals surface area contributed by atoms with Crippen molar-refractivity contribution in [1.82, 2.24) is 0 Å². The Morgan fingerprint density at radius 2 is 1.00 bits per heavy atom. The molecule has 11 fully saturated rings. The topological polar surface area (TPSA) is 603 Å². The molecule has 7 saturated heterocycles. The fraction of sp³-hybridized carbons (Fsp3) is 0.895. The molecule has 0 unspecified atom stereocenters. The molecule has 0 bridgehead atoms. The van der Waals surface area contributed by atoms with E-state index in [0.717, 1.165) is 32.6 Å². The zero-order chi connectivity index (χ0) is 85.0. The van der Waals surface area contributed by atoms with Crippen molar-refractivity contribution in [3.8, 4) is 0 Å². The van der Waals surface area contributed by atoms with Crippen molar-refractivity contribution < 1.29 is 196 Å². The summed E-state index contributed by atoms with van der Waals surface area (Å²) in [5.41, 5.74) is -5.48. The van der Waals surface area contributed by atoms with Crippen molar-refractivity contribution in [3.05, 3.63) is 11.6 Å². The SMILES string of the molecule is CC(=O)OC[C@H]1O[C@@H](O[C@H]2[C@@H](OC(C)=O)[C@@H](C)O[C@@H](OC(=O)[C@]34CCC(C)(C)C[C@H]3C3=CC[C@@H]5[C@@]6(C)CC[C@H](O[C@@H]7O[C@H](C(=O)O)[C@@H](O)[C@H](O[C@@H]8OC[C@@H](O)[C@H](O)[C@H]8O)[C@H]7O[C@@H]7O[C@H](CO)[C@H](O)[C@H](O)[C@H]7O)[C@@](C)(C=O)[C@@H]6CC[C@@]5(C)[C@]3(C)C[C@H]4O)[C@@H]2O[C@@H]2O[C@@H](C)[C@H](O[C@@H]3OC[C@@H](O)[C@H](O)[C@H]3O)[C@@H](O)[C@H]2O)[C@H](O)[C@@H](O)[C@@H]1OC(C)=O. The number of hydrogen-bond acceptors (Lipinski definition) is 39. The number of esters is 4. The zero-order valence-corrected chi connectivity index (χ0v) is 66.3. The molecule has 0 spiro atoms. The first-order chi connectivity index (χ1) is 54.3. The number of ether oxygens (including phenoxy) is 17. The first kappa shape index (κ1) is 90.8.